The second-order valence-electron chi connectivity index (χ2n) is 11.8. The number of hydrogen-bond donors (Lipinski definition) is 5. The summed E-state index contributed by atoms with van der Waals surface area (Å²) in [6.45, 7) is -0.530. The number of ether oxygens (including phenoxy) is 1. The minimum absolute atomic E-state index is 0.0570. The van der Waals surface area contributed by atoms with Crippen molar-refractivity contribution in [1.82, 2.24) is 10.6 Å². The topological polar surface area (TPSA) is 188 Å². The molecule has 15 heteroatoms. The maximum atomic E-state index is 13.8. The first-order chi connectivity index (χ1) is 24.9. The Labute approximate surface area is 301 Å². The predicted molar refractivity (Wildman–Crippen MR) is 187 cm³/mol. The molecule has 0 aliphatic carbocycles. The van der Waals surface area contributed by atoms with Gasteiger partial charge in [-0.3, -0.25) is 34.2 Å². The molecule has 1 aliphatic rings. The zero-order valence-electron chi connectivity index (χ0n) is 27.4. The van der Waals surface area contributed by atoms with Gasteiger partial charge in [0, 0.05) is 11.4 Å². The van der Waals surface area contributed by atoms with Crippen LogP contribution in [-0.4, -0.2) is 58.2 Å². The predicted octanol–water partition coefficient (Wildman–Crippen LogP) is 3.70. The minimum atomic E-state index is -1.52. The fourth-order valence-electron chi connectivity index (χ4n) is 5.50. The van der Waals surface area contributed by atoms with Crippen molar-refractivity contribution in [1.29, 1.82) is 0 Å². The van der Waals surface area contributed by atoms with Gasteiger partial charge >= 0.3 is 5.97 Å². The van der Waals surface area contributed by atoms with Crippen molar-refractivity contribution in [3.63, 3.8) is 0 Å². The monoisotopic (exact) mass is 732 g/mol. The zero-order valence-corrected chi connectivity index (χ0v) is 28.2. The average molecular weight is 733 g/mol. The standard InChI is InChI=1S/C37H34F2N4O8S/c38-25-10-6-22(7-11-25)30(44)21-52-37(19-33(47)43(37)27-14-12-26(39)13-15-27)24-8-16-28(17-9-24)51-20-32(46)41-34(23-4-2-1-3-5-23)35(48)42-31(45)18-29(40)36(49)50/h1-17,29-30,34,44H,18-21,40H2,(H,41,46)(H,49,50)(H,42,45,48)/t29-,30?,34+,37+/m0/s1. The van der Waals surface area contributed by atoms with E-state index < -0.39 is 71.4 Å². The SMILES string of the molecule is N[C@@H](CC(=O)NC(=O)[C@H](NC(=O)COc1ccc([C@]2(SCC(O)c3ccc(F)cc3)CC(=O)N2c2ccc(F)cc2)cc1)c1ccccc1)C(=O)O. The molecule has 270 valence electrons. The molecule has 0 saturated carbocycles. The Morgan fingerprint density at radius 1 is 0.865 bits per heavy atom. The molecule has 0 aromatic heterocycles. The van der Waals surface area contributed by atoms with E-state index in [-0.39, 0.29) is 23.8 Å². The van der Waals surface area contributed by atoms with Crippen LogP contribution in [0, 0.1) is 11.6 Å². The Kier molecular flexibility index (Phi) is 12.0. The molecular weight excluding hydrogens is 698 g/mol. The van der Waals surface area contributed by atoms with Crippen molar-refractivity contribution < 1.29 is 47.7 Å². The van der Waals surface area contributed by atoms with Crippen molar-refractivity contribution in [3.05, 3.63) is 131 Å². The number of benzene rings is 4. The summed E-state index contributed by atoms with van der Waals surface area (Å²) >= 11 is 1.29. The van der Waals surface area contributed by atoms with Crippen molar-refractivity contribution >= 4 is 47.0 Å². The molecule has 1 fully saturated rings. The molecule has 52 heavy (non-hydrogen) atoms. The lowest BCUT2D eigenvalue weighted by Crippen LogP contribution is -2.60. The van der Waals surface area contributed by atoms with E-state index in [1.165, 1.54) is 65.2 Å². The highest BCUT2D eigenvalue weighted by molar-refractivity contribution is 8.00. The molecule has 0 bridgehead atoms. The molecule has 1 unspecified atom stereocenters. The number of carboxylic acid groups (broad SMARTS) is 1. The lowest BCUT2D eigenvalue weighted by molar-refractivity contribution is -0.141. The molecule has 1 heterocycles. The average Bonchev–Trinajstić information content (AvgIpc) is 3.12. The van der Waals surface area contributed by atoms with Crippen molar-refractivity contribution in [2.75, 3.05) is 17.3 Å². The minimum Gasteiger partial charge on any atom is -0.484 e. The molecule has 4 atom stereocenters. The van der Waals surface area contributed by atoms with E-state index in [4.69, 9.17) is 15.6 Å². The Morgan fingerprint density at radius 2 is 1.48 bits per heavy atom. The molecule has 4 aromatic rings. The molecule has 5 rings (SSSR count). The number of β-lactam (4-membered cyclic amide) rings is 1. The summed E-state index contributed by atoms with van der Waals surface area (Å²) in [5.74, 6) is -4.71. The van der Waals surface area contributed by atoms with Gasteiger partial charge < -0.3 is 26.0 Å². The number of nitrogens with zero attached hydrogens (tertiary/aromatic N) is 1. The summed E-state index contributed by atoms with van der Waals surface area (Å²) in [7, 11) is 0. The van der Waals surface area contributed by atoms with E-state index in [0.29, 0.717) is 22.4 Å². The van der Waals surface area contributed by atoms with Crippen molar-refractivity contribution in [2.24, 2.45) is 5.73 Å². The molecular formula is C37H34F2N4O8S. The van der Waals surface area contributed by atoms with Crippen LogP contribution in [0.15, 0.2) is 103 Å². The van der Waals surface area contributed by atoms with Crippen LogP contribution in [0.4, 0.5) is 14.5 Å². The number of amides is 4. The number of aliphatic hydroxyl groups is 1. The summed E-state index contributed by atoms with van der Waals surface area (Å²) in [5, 5.41) is 24.5. The number of hydrogen-bond acceptors (Lipinski definition) is 9. The van der Waals surface area contributed by atoms with Crippen LogP contribution < -0.4 is 26.0 Å². The van der Waals surface area contributed by atoms with Gasteiger partial charge in [-0.05, 0) is 65.2 Å². The first kappa shape index (κ1) is 37.6. The third-order valence-corrected chi connectivity index (χ3v) is 9.70. The quantitative estimate of drug-likeness (QED) is 0.113. The summed E-state index contributed by atoms with van der Waals surface area (Å²) in [4.78, 5) is 62.7. The Balaban J connectivity index is 1.29. The van der Waals surface area contributed by atoms with Crippen molar-refractivity contribution in [3.8, 4) is 5.75 Å². The second kappa shape index (κ2) is 16.6. The number of carboxylic acids is 1. The summed E-state index contributed by atoms with van der Waals surface area (Å²) in [5.41, 5.74) is 7.32. The Hall–Kier alpha value is -5.64. The fourth-order valence-corrected chi connectivity index (χ4v) is 6.99. The lowest BCUT2D eigenvalue weighted by Gasteiger charge is -2.52. The van der Waals surface area contributed by atoms with E-state index in [9.17, 15) is 37.9 Å². The molecule has 1 saturated heterocycles. The highest BCUT2D eigenvalue weighted by Crippen LogP contribution is 2.53. The van der Waals surface area contributed by atoms with Gasteiger partial charge in [-0.25, -0.2) is 8.78 Å². The van der Waals surface area contributed by atoms with E-state index in [1.54, 1.807) is 54.6 Å². The number of anilines is 1. The van der Waals surface area contributed by atoms with Crippen LogP contribution in [0.25, 0.3) is 0 Å². The zero-order chi connectivity index (χ0) is 37.4. The van der Waals surface area contributed by atoms with Gasteiger partial charge in [-0.1, -0.05) is 54.6 Å². The van der Waals surface area contributed by atoms with Gasteiger partial charge in [0.1, 0.15) is 34.3 Å². The number of aliphatic hydroxyl groups excluding tert-OH is 1. The number of carbonyl (C=O) groups is 5. The lowest BCUT2D eigenvalue weighted by atomic mass is 9.91. The van der Waals surface area contributed by atoms with Crippen LogP contribution in [0.5, 0.6) is 5.75 Å². The number of thioether (sulfide) groups is 1. The maximum Gasteiger partial charge on any atom is 0.321 e. The molecule has 0 radical (unpaired) electrons. The van der Waals surface area contributed by atoms with Gasteiger partial charge in [0.2, 0.25) is 11.8 Å². The second-order valence-corrected chi connectivity index (χ2v) is 13.1. The van der Waals surface area contributed by atoms with E-state index in [2.05, 4.69) is 10.6 Å². The van der Waals surface area contributed by atoms with Crippen molar-refractivity contribution in [2.45, 2.75) is 35.9 Å². The first-order valence-corrected chi connectivity index (χ1v) is 16.9. The van der Waals surface area contributed by atoms with Crippen LogP contribution in [0.1, 0.15) is 41.7 Å². The van der Waals surface area contributed by atoms with Gasteiger partial charge in [0.05, 0.1) is 18.9 Å². The van der Waals surface area contributed by atoms with E-state index in [1.807, 2.05) is 0 Å². The van der Waals surface area contributed by atoms with Crippen LogP contribution in [0.2, 0.25) is 0 Å². The number of nitrogens with two attached hydrogens (primary N) is 1. The summed E-state index contributed by atoms with van der Waals surface area (Å²) < 4.78 is 32.9. The largest absolute Gasteiger partial charge is 0.484 e. The van der Waals surface area contributed by atoms with Crippen LogP contribution >= 0.6 is 11.8 Å². The fraction of sp³-hybridized carbons (Fsp3) is 0.216. The number of carbonyl (C=O) groups excluding carboxylic acids is 4. The summed E-state index contributed by atoms with van der Waals surface area (Å²) in [6.07, 6.45) is -1.58. The molecule has 6 N–H and O–H groups in total. The van der Waals surface area contributed by atoms with Crippen LogP contribution in [0.3, 0.4) is 0 Å². The molecule has 12 nitrogen and oxygen atoms in total. The van der Waals surface area contributed by atoms with Gasteiger partial charge in [-0.15, -0.1) is 11.8 Å². The normalized spacial score (nSPS) is 16.9. The van der Waals surface area contributed by atoms with Crippen LogP contribution in [-0.2, 0) is 28.8 Å². The van der Waals surface area contributed by atoms with E-state index >= 15 is 0 Å². The number of rotatable bonds is 15. The van der Waals surface area contributed by atoms with Gasteiger partial charge in [-0.2, -0.15) is 0 Å². The Morgan fingerprint density at radius 3 is 2.08 bits per heavy atom. The van der Waals surface area contributed by atoms with E-state index in [0.717, 1.165) is 0 Å². The van der Waals surface area contributed by atoms with Gasteiger partial charge in [0.15, 0.2) is 6.61 Å². The van der Waals surface area contributed by atoms with Gasteiger partial charge in [0.25, 0.3) is 11.8 Å². The smallest absolute Gasteiger partial charge is 0.321 e. The highest BCUT2D eigenvalue weighted by Gasteiger charge is 2.53. The Bertz CT molecular complexity index is 1920. The molecule has 4 amide bonds. The summed E-state index contributed by atoms with van der Waals surface area (Å²) in [6, 6.07) is 22.7. The molecule has 1 aliphatic heterocycles. The molecule has 0 spiro atoms. The molecule has 4 aromatic carbocycles. The number of nitrogens with one attached hydrogen (secondary N) is 2. The number of aliphatic carboxylic acids is 1. The third kappa shape index (κ3) is 8.98. The number of imide groups is 1. The third-order valence-electron chi connectivity index (χ3n) is 8.18. The maximum absolute atomic E-state index is 13.8. The highest BCUT2D eigenvalue weighted by atomic mass is 32.2. The first-order valence-electron chi connectivity index (χ1n) is 15.9. The number of halogens is 2.